The molecule has 0 unspecified atom stereocenters. The number of nitrogens with zero attached hydrogens (tertiary/aromatic N) is 4. The van der Waals surface area contributed by atoms with Gasteiger partial charge in [0.25, 0.3) is 5.56 Å². The van der Waals surface area contributed by atoms with Gasteiger partial charge < -0.3 is 15.2 Å². The van der Waals surface area contributed by atoms with Crippen LogP contribution in [0.25, 0.3) is 11.0 Å². The smallest absolute Gasteiger partial charge is 0.387 e. The van der Waals surface area contributed by atoms with Crippen LogP contribution in [0.1, 0.15) is 70.8 Å². The molecule has 0 radical (unpaired) electrons. The Morgan fingerprint density at radius 1 is 1.16 bits per heavy atom. The van der Waals surface area contributed by atoms with Gasteiger partial charge in [-0.2, -0.15) is 13.8 Å². The highest BCUT2D eigenvalue weighted by Gasteiger charge is 2.40. The number of alkyl halides is 2. The van der Waals surface area contributed by atoms with Crippen molar-refractivity contribution in [2.75, 3.05) is 18.4 Å². The molecule has 0 aromatic carbocycles. The molecule has 2 N–H and O–H groups in total. The minimum absolute atomic E-state index is 0.0660. The summed E-state index contributed by atoms with van der Waals surface area (Å²) in [6.07, 6.45) is 7.58. The number of ether oxygens (including phenoxy) is 1. The van der Waals surface area contributed by atoms with Gasteiger partial charge in [-0.3, -0.25) is 9.36 Å². The van der Waals surface area contributed by atoms with Crippen LogP contribution in [-0.4, -0.2) is 69.0 Å². The largest absolute Gasteiger partial charge is 0.429 e. The average molecular weight is 542 g/mol. The van der Waals surface area contributed by atoms with Crippen LogP contribution in [-0.2, 0) is 10.0 Å². The van der Waals surface area contributed by atoms with Crippen LogP contribution in [0.4, 0.5) is 14.7 Å². The highest BCUT2D eigenvalue weighted by atomic mass is 32.2. The van der Waals surface area contributed by atoms with Gasteiger partial charge in [0, 0.05) is 30.7 Å². The van der Waals surface area contributed by atoms with Crippen molar-refractivity contribution in [3.63, 3.8) is 0 Å². The second kappa shape index (κ2) is 10.1. The summed E-state index contributed by atoms with van der Waals surface area (Å²) in [5.41, 5.74) is -1.77. The fraction of sp³-hybridized carbons (Fsp3) is 0.708. The first-order valence-electron chi connectivity index (χ1n) is 12.9. The minimum Gasteiger partial charge on any atom is -0.429 e. The van der Waals surface area contributed by atoms with E-state index in [2.05, 4.69) is 20.0 Å². The van der Waals surface area contributed by atoms with E-state index >= 15 is 0 Å². The van der Waals surface area contributed by atoms with Gasteiger partial charge in [0.15, 0.2) is 5.75 Å². The molecule has 3 heterocycles. The molecular formula is C24H33F2N5O5S. The van der Waals surface area contributed by atoms with Crippen LogP contribution in [0.2, 0.25) is 0 Å². The molecule has 1 aliphatic heterocycles. The third-order valence-corrected chi connectivity index (χ3v) is 10.4. The number of nitrogens with one attached hydrogen (secondary N) is 1. The van der Waals surface area contributed by atoms with Crippen LogP contribution < -0.4 is 15.6 Å². The van der Waals surface area contributed by atoms with E-state index in [4.69, 9.17) is 0 Å². The van der Waals surface area contributed by atoms with E-state index in [0.29, 0.717) is 50.6 Å². The number of hydrogen-bond donors (Lipinski definition) is 2. The predicted molar refractivity (Wildman–Crippen MR) is 133 cm³/mol. The number of fused-ring (bicyclic) bond motifs is 1. The maximum absolute atomic E-state index is 13.2. The highest BCUT2D eigenvalue weighted by molar-refractivity contribution is 7.89. The molecule has 5 rings (SSSR count). The molecular weight excluding hydrogens is 508 g/mol. The zero-order valence-electron chi connectivity index (χ0n) is 20.8. The van der Waals surface area contributed by atoms with Gasteiger partial charge in [0.1, 0.15) is 5.65 Å². The number of hydrogen-bond acceptors (Lipinski definition) is 8. The van der Waals surface area contributed by atoms with Crippen molar-refractivity contribution in [1.82, 2.24) is 18.8 Å². The van der Waals surface area contributed by atoms with Crippen LogP contribution >= 0.6 is 0 Å². The Morgan fingerprint density at radius 3 is 2.49 bits per heavy atom. The van der Waals surface area contributed by atoms with E-state index in [1.165, 1.54) is 16.8 Å². The summed E-state index contributed by atoms with van der Waals surface area (Å²) in [7, 11) is -3.28. The fourth-order valence-corrected chi connectivity index (χ4v) is 8.08. The van der Waals surface area contributed by atoms with E-state index in [1.54, 1.807) is 11.2 Å². The molecule has 2 saturated carbocycles. The van der Waals surface area contributed by atoms with Crippen molar-refractivity contribution >= 4 is 27.0 Å². The number of anilines is 1. The van der Waals surface area contributed by atoms with Gasteiger partial charge in [-0.1, -0.05) is 12.8 Å². The first-order valence-corrected chi connectivity index (χ1v) is 14.4. The Hall–Kier alpha value is -2.38. The molecule has 0 spiro atoms. The predicted octanol–water partition coefficient (Wildman–Crippen LogP) is 3.02. The Bertz CT molecular complexity index is 1300. The van der Waals surface area contributed by atoms with Crippen LogP contribution in [0.5, 0.6) is 5.75 Å². The van der Waals surface area contributed by atoms with Crippen molar-refractivity contribution in [2.24, 2.45) is 0 Å². The lowest BCUT2D eigenvalue weighted by atomic mass is 10.00. The lowest BCUT2D eigenvalue weighted by molar-refractivity contribution is -0.0513. The van der Waals surface area contributed by atoms with Crippen molar-refractivity contribution in [3.05, 3.63) is 22.6 Å². The van der Waals surface area contributed by atoms with Gasteiger partial charge >= 0.3 is 6.61 Å². The lowest BCUT2D eigenvalue weighted by Crippen LogP contribution is -2.45. The lowest BCUT2D eigenvalue weighted by Gasteiger charge is -2.33. The number of rotatable bonds is 7. The van der Waals surface area contributed by atoms with Gasteiger partial charge in [-0.25, -0.2) is 17.7 Å². The monoisotopic (exact) mass is 541 g/mol. The maximum Gasteiger partial charge on any atom is 0.387 e. The summed E-state index contributed by atoms with van der Waals surface area (Å²) in [6.45, 7) is -0.729. The Morgan fingerprint density at radius 2 is 1.86 bits per heavy atom. The summed E-state index contributed by atoms with van der Waals surface area (Å²) in [4.78, 5) is 22.0. The molecule has 2 aliphatic carbocycles. The second-order valence-corrected chi connectivity index (χ2v) is 12.8. The first-order chi connectivity index (χ1) is 17.6. The highest BCUT2D eigenvalue weighted by Crippen LogP contribution is 2.40. The third-order valence-electron chi connectivity index (χ3n) is 8.02. The third kappa shape index (κ3) is 5.17. The summed E-state index contributed by atoms with van der Waals surface area (Å²) < 4.78 is 59.1. The average Bonchev–Trinajstić information content (AvgIpc) is 3.50. The topological polar surface area (TPSA) is 127 Å². The van der Waals surface area contributed by atoms with Crippen molar-refractivity contribution in [1.29, 1.82) is 0 Å². The van der Waals surface area contributed by atoms with E-state index < -0.39 is 39.6 Å². The van der Waals surface area contributed by atoms with Gasteiger partial charge in [0.05, 0.1) is 16.9 Å². The minimum atomic E-state index is -3.28. The van der Waals surface area contributed by atoms with Gasteiger partial charge in [0.2, 0.25) is 16.0 Å². The molecule has 0 amide bonds. The number of sulfonamides is 1. The standard InChI is InChI=1S/C24H33F2N5O5S/c1-24(33)10-4-7-19(24)31-20-15(13-18(21(31)32)36-22(25)26)14-27-23(29-20)28-16-8-11-30(12-9-16)37(34,35)17-5-2-3-6-17/h13-14,16-17,19,22,33H,2-12H2,1H3,(H,27,28,29)/t19-,24-/m1/s1. The molecule has 2 aromatic rings. The Balaban J connectivity index is 1.39. The van der Waals surface area contributed by atoms with Gasteiger partial charge in [-0.15, -0.1) is 0 Å². The normalized spacial score (nSPS) is 26.4. The molecule has 2 atom stereocenters. The summed E-state index contributed by atoms with van der Waals surface area (Å²) in [5.74, 6) is -0.275. The summed E-state index contributed by atoms with van der Waals surface area (Å²) in [6, 6.07) is 0.472. The van der Waals surface area contributed by atoms with E-state index in [0.717, 1.165) is 25.7 Å². The fourth-order valence-electron chi connectivity index (χ4n) is 6.01. The van der Waals surface area contributed by atoms with Crippen molar-refractivity contribution in [3.8, 4) is 5.75 Å². The van der Waals surface area contributed by atoms with Crippen molar-refractivity contribution < 1.29 is 27.0 Å². The Labute approximate surface area is 214 Å². The van der Waals surface area contributed by atoms with Crippen LogP contribution in [0.15, 0.2) is 17.1 Å². The summed E-state index contributed by atoms with van der Waals surface area (Å²) in [5, 5.41) is 14.2. The molecule has 37 heavy (non-hydrogen) atoms. The molecule has 10 nitrogen and oxygen atoms in total. The molecule has 3 fully saturated rings. The number of aliphatic hydroxyl groups is 1. The Kier molecular flexibility index (Phi) is 7.14. The van der Waals surface area contributed by atoms with Crippen molar-refractivity contribution in [2.45, 2.75) is 94.3 Å². The number of aromatic nitrogens is 3. The van der Waals surface area contributed by atoms with Crippen LogP contribution in [0.3, 0.4) is 0 Å². The second-order valence-electron chi connectivity index (χ2n) is 10.6. The van der Waals surface area contributed by atoms with Crippen LogP contribution in [0, 0.1) is 0 Å². The number of piperidine rings is 1. The molecule has 3 aliphatic rings. The number of halogens is 2. The first kappa shape index (κ1) is 26.2. The maximum atomic E-state index is 13.2. The molecule has 204 valence electrons. The van der Waals surface area contributed by atoms with E-state index in [-0.39, 0.29) is 22.9 Å². The van der Waals surface area contributed by atoms with Gasteiger partial charge in [-0.05, 0) is 57.9 Å². The molecule has 1 saturated heterocycles. The zero-order chi connectivity index (χ0) is 26.4. The summed E-state index contributed by atoms with van der Waals surface area (Å²) >= 11 is 0. The molecule has 2 aromatic heterocycles. The zero-order valence-corrected chi connectivity index (χ0v) is 21.6. The SMILES string of the molecule is C[C@@]1(O)CCC[C@H]1n1c(=O)c(OC(F)F)cc2cnc(NC3CCN(S(=O)(=O)C4CCCC4)CC3)nc21. The number of pyridine rings is 1. The van der Waals surface area contributed by atoms with E-state index in [1.807, 2.05) is 0 Å². The molecule has 0 bridgehead atoms. The molecule has 13 heteroatoms. The quantitative estimate of drug-likeness (QED) is 0.548. The van der Waals surface area contributed by atoms with E-state index in [9.17, 15) is 27.1 Å².